The Hall–Kier alpha value is -3.95. The van der Waals surface area contributed by atoms with Crippen molar-refractivity contribution in [2.75, 3.05) is 14.2 Å². The number of aromatic amines is 1. The van der Waals surface area contributed by atoms with E-state index in [9.17, 15) is 22.8 Å². The molecule has 0 saturated heterocycles. The molecule has 3 aromatic rings. The number of nitrogens with one attached hydrogen (secondary N) is 2. The Morgan fingerprint density at radius 1 is 0.969 bits per heavy atom. The van der Waals surface area contributed by atoms with Gasteiger partial charge in [-0.25, -0.2) is 0 Å². The zero-order chi connectivity index (χ0) is 23.0. The Labute approximate surface area is 179 Å². The first kappa shape index (κ1) is 21.3. The predicted molar refractivity (Wildman–Crippen MR) is 107 cm³/mol. The smallest absolute Gasteiger partial charge is 0.431 e. The number of halogens is 3. The quantitative estimate of drug-likeness (QED) is 0.632. The van der Waals surface area contributed by atoms with Gasteiger partial charge in [-0.2, -0.15) is 13.2 Å². The summed E-state index contributed by atoms with van der Waals surface area (Å²) in [7, 11) is 3.00. The molecule has 2 aromatic carbocycles. The number of carbonyl (C=O) groups is 1. The van der Waals surface area contributed by atoms with E-state index in [4.69, 9.17) is 14.2 Å². The number of hydrogen-bond acceptors (Lipinski definition) is 5. The SMILES string of the molecule is COc1ccc2c(c1)Oc1cc(OC)ccc1C2NC(=O)c1ccc(C(F)(F)F)[nH]c1=O. The topological polar surface area (TPSA) is 89.7 Å². The molecule has 0 bridgehead atoms. The molecule has 4 rings (SSSR count). The monoisotopic (exact) mass is 446 g/mol. The lowest BCUT2D eigenvalue weighted by atomic mass is 9.94. The van der Waals surface area contributed by atoms with Crippen LogP contribution in [0.5, 0.6) is 23.0 Å². The van der Waals surface area contributed by atoms with Gasteiger partial charge in [-0.3, -0.25) is 9.59 Å². The van der Waals surface area contributed by atoms with Crippen LogP contribution in [0.25, 0.3) is 0 Å². The van der Waals surface area contributed by atoms with Crippen LogP contribution in [0.4, 0.5) is 13.2 Å². The molecule has 1 aromatic heterocycles. The first-order valence-electron chi connectivity index (χ1n) is 9.36. The minimum absolute atomic E-state index is 0.414. The van der Waals surface area contributed by atoms with Gasteiger partial charge in [0, 0.05) is 23.3 Å². The molecule has 166 valence electrons. The fourth-order valence-electron chi connectivity index (χ4n) is 3.41. The molecule has 0 saturated carbocycles. The molecule has 0 fully saturated rings. The molecule has 2 N–H and O–H groups in total. The van der Waals surface area contributed by atoms with Crippen LogP contribution < -0.4 is 25.1 Å². The minimum Gasteiger partial charge on any atom is -0.497 e. The summed E-state index contributed by atoms with van der Waals surface area (Å²) >= 11 is 0. The fourth-order valence-corrected chi connectivity index (χ4v) is 3.41. The number of aromatic nitrogens is 1. The lowest BCUT2D eigenvalue weighted by Gasteiger charge is -2.29. The third-order valence-corrected chi connectivity index (χ3v) is 5.02. The van der Waals surface area contributed by atoms with Crippen LogP contribution in [0.3, 0.4) is 0 Å². The number of carbonyl (C=O) groups excluding carboxylic acids is 1. The highest BCUT2D eigenvalue weighted by Gasteiger charge is 2.33. The van der Waals surface area contributed by atoms with Crippen LogP contribution in [0, 0.1) is 0 Å². The summed E-state index contributed by atoms with van der Waals surface area (Å²) in [4.78, 5) is 26.7. The fraction of sp³-hybridized carbons (Fsp3) is 0.182. The summed E-state index contributed by atoms with van der Waals surface area (Å²) in [6, 6.07) is 10.8. The van der Waals surface area contributed by atoms with E-state index in [2.05, 4.69) is 5.32 Å². The van der Waals surface area contributed by atoms with E-state index < -0.39 is 34.9 Å². The average molecular weight is 446 g/mol. The number of pyridine rings is 1. The Morgan fingerprint density at radius 2 is 1.53 bits per heavy atom. The van der Waals surface area contributed by atoms with Gasteiger partial charge in [-0.15, -0.1) is 0 Å². The number of rotatable bonds is 4. The van der Waals surface area contributed by atoms with E-state index in [0.717, 1.165) is 6.07 Å². The van der Waals surface area contributed by atoms with Gasteiger partial charge in [0.15, 0.2) is 0 Å². The summed E-state index contributed by atoms with van der Waals surface area (Å²) < 4.78 is 54.9. The maximum Gasteiger partial charge on any atom is 0.431 e. The van der Waals surface area contributed by atoms with Crippen LogP contribution in [-0.2, 0) is 6.18 Å². The standard InChI is InChI=1S/C22H17F3N2O5/c1-30-11-3-5-13-16(9-11)32-17-10-12(31-2)4-6-14(17)19(13)27-21(29)15-7-8-18(22(23,24)25)26-20(15)28/h3-10,19H,1-2H3,(H,26,28)(H,27,29). The molecular formula is C22H17F3N2O5. The number of fused-ring (bicyclic) bond motifs is 2. The summed E-state index contributed by atoms with van der Waals surface area (Å²) in [6.07, 6.45) is -4.73. The van der Waals surface area contributed by atoms with Crippen molar-refractivity contribution in [1.82, 2.24) is 10.3 Å². The van der Waals surface area contributed by atoms with E-state index >= 15 is 0 Å². The number of methoxy groups -OCH3 is 2. The molecule has 32 heavy (non-hydrogen) atoms. The molecule has 2 heterocycles. The third-order valence-electron chi connectivity index (χ3n) is 5.02. The number of ether oxygens (including phenoxy) is 3. The van der Waals surface area contributed by atoms with E-state index in [1.54, 1.807) is 41.4 Å². The number of amides is 1. The van der Waals surface area contributed by atoms with E-state index in [0.29, 0.717) is 40.2 Å². The van der Waals surface area contributed by atoms with Crippen LogP contribution in [0.2, 0.25) is 0 Å². The lowest BCUT2D eigenvalue weighted by Crippen LogP contribution is -2.35. The van der Waals surface area contributed by atoms with Crippen molar-refractivity contribution in [3.05, 3.63) is 81.3 Å². The molecule has 0 radical (unpaired) electrons. The van der Waals surface area contributed by atoms with Gasteiger partial charge in [0.25, 0.3) is 11.5 Å². The Balaban J connectivity index is 1.73. The van der Waals surface area contributed by atoms with Crippen molar-refractivity contribution in [3.63, 3.8) is 0 Å². The van der Waals surface area contributed by atoms with Crippen LogP contribution in [0.1, 0.15) is 33.2 Å². The molecular weight excluding hydrogens is 429 g/mol. The summed E-state index contributed by atoms with van der Waals surface area (Å²) in [5, 5.41) is 2.72. The van der Waals surface area contributed by atoms with Gasteiger partial charge >= 0.3 is 6.18 Å². The second-order valence-corrected chi connectivity index (χ2v) is 6.93. The molecule has 1 aliphatic heterocycles. The molecule has 0 unspecified atom stereocenters. The highest BCUT2D eigenvalue weighted by Crippen LogP contribution is 2.45. The second-order valence-electron chi connectivity index (χ2n) is 6.93. The molecule has 10 heteroatoms. The molecule has 1 aliphatic rings. The highest BCUT2D eigenvalue weighted by molar-refractivity contribution is 5.94. The summed E-state index contributed by atoms with van der Waals surface area (Å²) in [6.45, 7) is 0. The van der Waals surface area contributed by atoms with Gasteiger partial charge < -0.3 is 24.5 Å². The van der Waals surface area contributed by atoms with Gasteiger partial charge in [-0.05, 0) is 36.4 Å². The average Bonchev–Trinajstić information content (AvgIpc) is 2.77. The van der Waals surface area contributed by atoms with E-state index in [1.165, 1.54) is 14.2 Å². The number of alkyl halides is 3. The Bertz CT molecular complexity index is 1200. The van der Waals surface area contributed by atoms with Crippen LogP contribution in [0.15, 0.2) is 53.3 Å². The summed E-state index contributed by atoms with van der Waals surface area (Å²) in [5.74, 6) is 1.04. The van der Waals surface area contributed by atoms with Crippen molar-refractivity contribution >= 4 is 5.91 Å². The second kappa shape index (κ2) is 7.95. The zero-order valence-electron chi connectivity index (χ0n) is 16.9. The molecule has 0 atom stereocenters. The van der Waals surface area contributed by atoms with Gasteiger partial charge in [0.2, 0.25) is 0 Å². The van der Waals surface area contributed by atoms with Crippen molar-refractivity contribution in [1.29, 1.82) is 0 Å². The van der Waals surface area contributed by atoms with Gasteiger partial charge in [-0.1, -0.05) is 0 Å². The number of benzene rings is 2. The maximum absolute atomic E-state index is 12.9. The van der Waals surface area contributed by atoms with Crippen molar-refractivity contribution in [2.45, 2.75) is 12.2 Å². The molecule has 0 aliphatic carbocycles. The van der Waals surface area contributed by atoms with Gasteiger partial charge in [0.05, 0.1) is 20.3 Å². The van der Waals surface area contributed by atoms with Crippen molar-refractivity contribution < 1.29 is 32.2 Å². The zero-order valence-corrected chi connectivity index (χ0v) is 16.9. The first-order chi connectivity index (χ1) is 15.2. The first-order valence-corrected chi connectivity index (χ1v) is 9.36. The lowest BCUT2D eigenvalue weighted by molar-refractivity contribution is -0.141. The van der Waals surface area contributed by atoms with E-state index in [1.807, 2.05) is 0 Å². The molecule has 7 nitrogen and oxygen atoms in total. The maximum atomic E-state index is 12.9. The van der Waals surface area contributed by atoms with Crippen molar-refractivity contribution in [3.8, 4) is 23.0 Å². The number of hydrogen-bond donors (Lipinski definition) is 2. The van der Waals surface area contributed by atoms with Crippen LogP contribution >= 0.6 is 0 Å². The normalized spacial score (nSPS) is 12.9. The van der Waals surface area contributed by atoms with Gasteiger partial charge in [0.1, 0.15) is 34.3 Å². The number of H-pyrrole nitrogens is 1. The third kappa shape index (κ3) is 3.86. The molecule has 1 amide bonds. The van der Waals surface area contributed by atoms with Crippen molar-refractivity contribution in [2.24, 2.45) is 0 Å². The van der Waals surface area contributed by atoms with Crippen LogP contribution in [-0.4, -0.2) is 25.1 Å². The Kier molecular flexibility index (Phi) is 5.29. The predicted octanol–water partition coefficient (Wildman–Crippen LogP) is 4.04. The van der Waals surface area contributed by atoms with E-state index in [-0.39, 0.29) is 0 Å². The largest absolute Gasteiger partial charge is 0.497 e. The Morgan fingerprint density at radius 3 is 2.00 bits per heavy atom. The summed E-state index contributed by atoms with van der Waals surface area (Å²) in [5.41, 5.74) is -1.66. The molecule has 0 spiro atoms. The highest BCUT2D eigenvalue weighted by atomic mass is 19.4. The minimum atomic E-state index is -4.73.